The van der Waals surface area contributed by atoms with E-state index in [4.69, 9.17) is 0 Å². The molecule has 2 rings (SSSR count). The van der Waals surface area contributed by atoms with Crippen molar-refractivity contribution in [1.82, 2.24) is 15.2 Å². The Kier molecular flexibility index (Phi) is 4.66. The third-order valence-electron chi connectivity index (χ3n) is 2.49. The Morgan fingerprint density at radius 3 is 2.61 bits per heavy atom. The van der Waals surface area contributed by atoms with Gasteiger partial charge in [0, 0.05) is 6.54 Å². The summed E-state index contributed by atoms with van der Waals surface area (Å²) in [5.74, 6) is 0. The number of hydrogen-bond acceptors (Lipinski definition) is 6. The minimum absolute atomic E-state index is 0.874. The number of aromatic nitrogens is 3. The van der Waals surface area contributed by atoms with Crippen LogP contribution in [0.1, 0.15) is 37.9 Å². The molecule has 2 aromatic rings. The third kappa shape index (κ3) is 2.87. The van der Waals surface area contributed by atoms with Gasteiger partial charge in [-0.1, -0.05) is 25.2 Å². The molecular weight excluding hydrogens is 264 g/mol. The Balaban J connectivity index is 2.29. The fraction of sp³-hybridized carbons (Fsp3) is 0.583. The fourth-order valence-electron chi connectivity index (χ4n) is 1.67. The lowest BCUT2D eigenvalue weighted by molar-refractivity contribution is 0.894. The summed E-state index contributed by atoms with van der Waals surface area (Å²) in [7, 11) is 0. The van der Waals surface area contributed by atoms with Crippen LogP contribution in [0, 0.1) is 0 Å². The molecule has 0 aliphatic carbocycles. The van der Waals surface area contributed by atoms with Crippen LogP contribution >= 0.6 is 22.7 Å². The maximum atomic E-state index is 4.69. The summed E-state index contributed by atoms with van der Waals surface area (Å²) >= 11 is 3.37. The zero-order valence-electron chi connectivity index (χ0n) is 11.0. The summed E-state index contributed by atoms with van der Waals surface area (Å²) in [6, 6.07) is 0. The van der Waals surface area contributed by atoms with Crippen LogP contribution in [0.5, 0.6) is 0 Å². The molecule has 0 aromatic carbocycles. The van der Waals surface area contributed by atoms with Crippen molar-refractivity contribution < 1.29 is 0 Å². The van der Waals surface area contributed by atoms with Gasteiger partial charge >= 0.3 is 0 Å². The van der Waals surface area contributed by atoms with Crippen LogP contribution in [-0.2, 0) is 12.8 Å². The molecule has 0 bridgehead atoms. The molecule has 0 spiro atoms. The van der Waals surface area contributed by atoms with Gasteiger partial charge < -0.3 is 5.32 Å². The molecule has 0 radical (unpaired) electrons. The molecule has 2 heterocycles. The predicted molar refractivity (Wildman–Crippen MR) is 78.6 cm³/mol. The molecule has 0 amide bonds. The largest absolute Gasteiger partial charge is 0.360 e. The van der Waals surface area contributed by atoms with Crippen molar-refractivity contribution >= 4 is 27.8 Å². The zero-order valence-corrected chi connectivity index (χ0v) is 12.6. The lowest BCUT2D eigenvalue weighted by atomic mass is 10.3. The number of aryl methyl sites for hydroxylation is 2. The minimum Gasteiger partial charge on any atom is -0.360 e. The van der Waals surface area contributed by atoms with E-state index in [0.717, 1.165) is 41.6 Å². The van der Waals surface area contributed by atoms with E-state index in [1.54, 1.807) is 22.7 Å². The summed E-state index contributed by atoms with van der Waals surface area (Å²) in [5.41, 5.74) is 1.16. The standard InChI is InChI=1S/C12H18N4S2/c1-4-7-9-14-8(5-2)10(17-9)11-15-16-12(18-11)13-6-3/h4-7H2,1-3H3,(H,13,16). The molecule has 0 unspecified atom stereocenters. The highest BCUT2D eigenvalue weighted by atomic mass is 32.1. The van der Waals surface area contributed by atoms with E-state index in [-0.39, 0.29) is 0 Å². The maximum Gasteiger partial charge on any atom is 0.206 e. The quantitative estimate of drug-likeness (QED) is 0.879. The molecule has 98 valence electrons. The topological polar surface area (TPSA) is 50.7 Å². The van der Waals surface area contributed by atoms with E-state index >= 15 is 0 Å². The molecule has 0 aliphatic rings. The molecular formula is C12H18N4S2. The monoisotopic (exact) mass is 282 g/mol. The Bertz CT molecular complexity index is 504. The molecule has 6 heteroatoms. The maximum absolute atomic E-state index is 4.69. The lowest BCUT2D eigenvalue weighted by Crippen LogP contribution is -1.94. The Hall–Kier alpha value is -1.01. The second kappa shape index (κ2) is 6.24. The van der Waals surface area contributed by atoms with Gasteiger partial charge in [-0.25, -0.2) is 4.98 Å². The number of hydrogen-bond donors (Lipinski definition) is 1. The summed E-state index contributed by atoms with van der Waals surface area (Å²) in [5, 5.41) is 14.7. The van der Waals surface area contributed by atoms with Crippen LogP contribution < -0.4 is 5.32 Å². The first kappa shape index (κ1) is 13.4. The molecule has 0 aliphatic heterocycles. The fourth-order valence-corrected chi connectivity index (χ4v) is 3.82. The molecule has 0 saturated carbocycles. The number of rotatable bonds is 6. The second-order valence-electron chi connectivity index (χ2n) is 3.93. The van der Waals surface area contributed by atoms with E-state index < -0.39 is 0 Å². The first-order chi connectivity index (χ1) is 8.78. The van der Waals surface area contributed by atoms with Gasteiger partial charge in [0.15, 0.2) is 5.01 Å². The summed E-state index contributed by atoms with van der Waals surface area (Å²) in [6.45, 7) is 7.26. The van der Waals surface area contributed by atoms with Crippen molar-refractivity contribution in [3.05, 3.63) is 10.7 Å². The highest BCUT2D eigenvalue weighted by Gasteiger charge is 2.15. The van der Waals surface area contributed by atoms with Gasteiger partial charge in [-0.3, -0.25) is 0 Å². The summed E-state index contributed by atoms with van der Waals surface area (Å²) < 4.78 is 0. The highest BCUT2D eigenvalue weighted by molar-refractivity contribution is 7.23. The Morgan fingerprint density at radius 2 is 1.94 bits per heavy atom. The van der Waals surface area contributed by atoms with E-state index in [2.05, 4.69) is 41.3 Å². The molecule has 2 aromatic heterocycles. The predicted octanol–water partition coefficient (Wildman–Crippen LogP) is 3.61. The zero-order chi connectivity index (χ0) is 13.0. The SMILES string of the molecule is CCCc1nc(CC)c(-c2nnc(NCC)s2)s1. The van der Waals surface area contributed by atoms with E-state index in [1.165, 1.54) is 9.88 Å². The normalized spacial score (nSPS) is 10.8. The van der Waals surface area contributed by atoms with Crippen LogP contribution in [0.15, 0.2) is 0 Å². The molecule has 18 heavy (non-hydrogen) atoms. The Morgan fingerprint density at radius 1 is 1.11 bits per heavy atom. The number of anilines is 1. The number of thiazole rings is 1. The second-order valence-corrected chi connectivity index (χ2v) is 5.99. The average molecular weight is 282 g/mol. The number of nitrogens with zero attached hydrogens (tertiary/aromatic N) is 3. The first-order valence-corrected chi connectivity index (χ1v) is 7.98. The van der Waals surface area contributed by atoms with E-state index in [1.807, 2.05) is 0 Å². The van der Waals surface area contributed by atoms with Crippen LogP contribution in [0.25, 0.3) is 9.88 Å². The van der Waals surface area contributed by atoms with Gasteiger partial charge in [-0.15, -0.1) is 21.5 Å². The number of nitrogens with one attached hydrogen (secondary N) is 1. The van der Waals surface area contributed by atoms with Gasteiger partial charge in [0.05, 0.1) is 15.6 Å². The average Bonchev–Trinajstić information content (AvgIpc) is 2.96. The van der Waals surface area contributed by atoms with Crippen molar-refractivity contribution in [3.63, 3.8) is 0 Å². The Labute approximate surface area is 116 Å². The van der Waals surface area contributed by atoms with Crippen LogP contribution in [0.2, 0.25) is 0 Å². The summed E-state index contributed by atoms with van der Waals surface area (Å²) in [4.78, 5) is 5.88. The van der Waals surface area contributed by atoms with Crippen molar-refractivity contribution in [3.8, 4) is 9.88 Å². The molecule has 4 nitrogen and oxygen atoms in total. The minimum atomic E-state index is 0.874. The van der Waals surface area contributed by atoms with Crippen molar-refractivity contribution in [2.45, 2.75) is 40.0 Å². The van der Waals surface area contributed by atoms with Crippen molar-refractivity contribution in [1.29, 1.82) is 0 Å². The molecule has 1 N–H and O–H groups in total. The van der Waals surface area contributed by atoms with Gasteiger partial charge in [0.1, 0.15) is 0 Å². The van der Waals surface area contributed by atoms with Crippen molar-refractivity contribution in [2.75, 3.05) is 11.9 Å². The van der Waals surface area contributed by atoms with Gasteiger partial charge in [-0.2, -0.15) is 0 Å². The molecule has 0 fully saturated rings. The van der Waals surface area contributed by atoms with Crippen LogP contribution in [0.4, 0.5) is 5.13 Å². The van der Waals surface area contributed by atoms with Gasteiger partial charge in [0.2, 0.25) is 5.13 Å². The highest BCUT2D eigenvalue weighted by Crippen LogP contribution is 2.34. The first-order valence-electron chi connectivity index (χ1n) is 6.34. The summed E-state index contributed by atoms with van der Waals surface area (Å²) in [6.07, 6.45) is 3.14. The van der Waals surface area contributed by atoms with E-state index in [9.17, 15) is 0 Å². The molecule has 0 saturated heterocycles. The smallest absolute Gasteiger partial charge is 0.206 e. The van der Waals surface area contributed by atoms with Crippen molar-refractivity contribution in [2.24, 2.45) is 0 Å². The molecule has 0 atom stereocenters. The third-order valence-corrected chi connectivity index (χ3v) is 4.68. The van der Waals surface area contributed by atoms with E-state index in [0.29, 0.717) is 0 Å². The van der Waals surface area contributed by atoms with Crippen LogP contribution in [-0.4, -0.2) is 21.7 Å². The van der Waals surface area contributed by atoms with Crippen LogP contribution in [0.3, 0.4) is 0 Å². The van der Waals surface area contributed by atoms with Gasteiger partial charge in [-0.05, 0) is 26.2 Å². The lowest BCUT2D eigenvalue weighted by Gasteiger charge is -1.93. The van der Waals surface area contributed by atoms with Gasteiger partial charge in [0.25, 0.3) is 0 Å².